The molecule has 9 N–H and O–H groups in total. The van der Waals surface area contributed by atoms with Crippen molar-refractivity contribution in [1.29, 1.82) is 0 Å². The number of urea groups is 1. The first-order valence-corrected chi connectivity index (χ1v) is 7.11. The molecule has 0 radical (unpaired) electrons. The summed E-state index contributed by atoms with van der Waals surface area (Å²) in [6.45, 7) is 0.541. The van der Waals surface area contributed by atoms with Crippen LogP contribution in [0.1, 0.15) is 37.2 Å². The van der Waals surface area contributed by atoms with E-state index in [0.29, 0.717) is 0 Å². The van der Waals surface area contributed by atoms with E-state index < -0.39 is 48.7 Å². The molecule has 0 bridgehead atoms. The largest absolute Gasteiger partial charge is 0.480 e. The SMILES string of the molecule is CC(O)C(NC(=O)N[C@@H](CO)c1nnc([C@@H](N)CC(N)=O)o1)C(=O)O. The Labute approximate surface area is 141 Å². The first-order chi connectivity index (χ1) is 11.6. The van der Waals surface area contributed by atoms with Crippen molar-refractivity contribution < 1.29 is 34.1 Å². The van der Waals surface area contributed by atoms with Gasteiger partial charge >= 0.3 is 12.0 Å². The van der Waals surface area contributed by atoms with E-state index in [9.17, 15) is 24.6 Å². The lowest BCUT2D eigenvalue weighted by Crippen LogP contribution is -2.52. The number of aromatic nitrogens is 2. The highest BCUT2D eigenvalue weighted by atomic mass is 16.4. The molecule has 2 unspecified atom stereocenters. The van der Waals surface area contributed by atoms with Crippen LogP contribution in [0.25, 0.3) is 0 Å². The molecule has 0 aromatic carbocycles. The first-order valence-electron chi connectivity index (χ1n) is 7.11. The van der Waals surface area contributed by atoms with Crippen molar-refractivity contribution >= 4 is 17.9 Å². The molecule has 1 aromatic rings. The highest BCUT2D eigenvalue weighted by Gasteiger charge is 2.28. The molecule has 0 aliphatic rings. The molecular formula is C12H20N6O7. The van der Waals surface area contributed by atoms with Crippen LogP contribution in [0.2, 0.25) is 0 Å². The predicted molar refractivity (Wildman–Crippen MR) is 79.6 cm³/mol. The highest BCUT2D eigenvalue weighted by Crippen LogP contribution is 2.16. The Morgan fingerprint density at radius 1 is 1.24 bits per heavy atom. The van der Waals surface area contributed by atoms with Crippen LogP contribution in [0.15, 0.2) is 4.42 Å². The number of hydrogen-bond acceptors (Lipinski definition) is 9. The van der Waals surface area contributed by atoms with Crippen molar-refractivity contribution in [2.45, 2.75) is 37.6 Å². The van der Waals surface area contributed by atoms with Crippen LogP contribution in [-0.4, -0.2) is 62.2 Å². The molecule has 1 heterocycles. The summed E-state index contributed by atoms with van der Waals surface area (Å²) in [5, 5.41) is 39.0. The summed E-state index contributed by atoms with van der Waals surface area (Å²) in [6, 6.07) is -4.65. The number of carboxylic acid groups (broad SMARTS) is 1. The molecule has 1 rings (SSSR count). The summed E-state index contributed by atoms with van der Waals surface area (Å²) in [5.74, 6) is -2.46. The molecule has 13 nitrogen and oxygen atoms in total. The van der Waals surface area contributed by atoms with Gasteiger partial charge in [-0.05, 0) is 6.92 Å². The van der Waals surface area contributed by atoms with Crippen LogP contribution in [-0.2, 0) is 9.59 Å². The van der Waals surface area contributed by atoms with E-state index in [1.807, 2.05) is 5.32 Å². The maximum atomic E-state index is 11.8. The van der Waals surface area contributed by atoms with E-state index in [4.69, 9.17) is 21.0 Å². The summed E-state index contributed by atoms with van der Waals surface area (Å²) >= 11 is 0. The minimum atomic E-state index is -1.55. The van der Waals surface area contributed by atoms with Gasteiger partial charge in [-0.15, -0.1) is 10.2 Å². The number of primary amides is 1. The maximum Gasteiger partial charge on any atom is 0.328 e. The van der Waals surface area contributed by atoms with E-state index >= 15 is 0 Å². The lowest BCUT2D eigenvalue weighted by molar-refractivity contribution is -0.141. The van der Waals surface area contributed by atoms with Crippen LogP contribution in [0.4, 0.5) is 4.79 Å². The zero-order chi connectivity index (χ0) is 19.1. The van der Waals surface area contributed by atoms with Gasteiger partial charge in [-0.3, -0.25) is 4.79 Å². The third-order valence-electron chi connectivity index (χ3n) is 3.02. The lowest BCUT2D eigenvalue weighted by atomic mass is 10.2. The van der Waals surface area contributed by atoms with Crippen LogP contribution in [0.5, 0.6) is 0 Å². The number of amides is 3. The average Bonchev–Trinajstić information content (AvgIpc) is 2.98. The fourth-order valence-corrected chi connectivity index (χ4v) is 1.76. The number of nitrogens with one attached hydrogen (secondary N) is 2. The molecule has 4 atom stereocenters. The van der Waals surface area contributed by atoms with Gasteiger partial charge < -0.3 is 41.8 Å². The Kier molecular flexibility index (Phi) is 7.22. The lowest BCUT2D eigenvalue weighted by Gasteiger charge is -2.19. The smallest absolute Gasteiger partial charge is 0.328 e. The summed E-state index contributed by atoms with van der Waals surface area (Å²) in [6.07, 6.45) is -1.59. The van der Waals surface area contributed by atoms with Gasteiger partial charge in [-0.25, -0.2) is 9.59 Å². The van der Waals surface area contributed by atoms with E-state index in [1.54, 1.807) is 0 Å². The van der Waals surface area contributed by atoms with E-state index in [-0.39, 0.29) is 18.2 Å². The third-order valence-corrected chi connectivity index (χ3v) is 3.02. The quantitative estimate of drug-likeness (QED) is 0.238. The zero-order valence-electron chi connectivity index (χ0n) is 13.2. The van der Waals surface area contributed by atoms with Crippen LogP contribution in [0, 0.1) is 0 Å². The van der Waals surface area contributed by atoms with Gasteiger partial charge in [0, 0.05) is 0 Å². The molecule has 25 heavy (non-hydrogen) atoms. The molecule has 0 fully saturated rings. The number of aliphatic carboxylic acids is 1. The molecule has 0 aliphatic heterocycles. The van der Waals surface area contributed by atoms with E-state index in [1.165, 1.54) is 6.92 Å². The number of nitrogens with zero attached hydrogens (tertiary/aromatic N) is 2. The number of rotatable bonds is 9. The highest BCUT2D eigenvalue weighted by molar-refractivity contribution is 5.83. The first kappa shape index (κ1) is 20.3. The molecule has 0 spiro atoms. The second kappa shape index (κ2) is 8.91. The Morgan fingerprint density at radius 3 is 2.32 bits per heavy atom. The average molecular weight is 360 g/mol. The van der Waals surface area contributed by atoms with Crippen LogP contribution < -0.4 is 22.1 Å². The van der Waals surface area contributed by atoms with Gasteiger partial charge in [-0.1, -0.05) is 0 Å². The van der Waals surface area contributed by atoms with Crippen molar-refractivity contribution in [3.8, 4) is 0 Å². The van der Waals surface area contributed by atoms with Gasteiger partial charge in [-0.2, -0.15) is 0 Å². The van der Waals surface area contributed by atoms with E-state index in [0.717, 1.165) is 0 Å². The number of carbonyl (C=O) groups is 3. The normalized spacial score (nSPS) is 15.7. The van der Waals surface area contributed by atoms with Crippen LogP contribution >= 0.6 is 0 Å². The van der Waals surface area contributed by atoms with E-state index in [2.05, 4.69) is 15.5 Å². The minimum Gasteiger partial charge on any atom is -0.480 e. The predicted octanol–water partition coefficient (Wildman–Crippen LogP) is -2.89. The van der Waals surface area contributed by atoms with Gasteiger partial charge in [0.1, 0.15) is 6.04 Å². The number of aliphatic hydroxyl groups is 2. The van der Waals surface area contributed by atoms with Crippen molar-refractivity contribution in [3.05, 3.63) is 11.8 Å². The Bertz CT molecular complexity index is 619. The Hall–Kier alpha value is -2.77. The Balaban J connectivity index is 2.76. The second-order valence-electron chi connectivity index (χ2n) is 5.16. The maximum absolute atomic E-state index is 11.8. The summed E-state index contributed by atoms with van der Waals surface area (Å²) in [4.78, 5) is 33.5. The number of carboxylic acids is 1. The fourth-order valence-electron chi connectivity index (χ4n) is 1.76. The molecule has 13 heteroatoms. The number of nitrogens with two attached hydrogens (primary N) is 2. The van der Waals surface area contributed by atoms with Gasteiger partial charge in [0.25, 0.3) is 0 Å². The topological polar surface area (TPSA) is 227 Å². The number of aliphatic hydroxyl groups excluding tert-OH is 2. The molecule has 3 amide bonds. The summed E-state index contributed by atoms with van der Waals surface area (Å²) < 4.78 is 5.18. The molecule has 140 valence electrons. The monoisotopic (exact) mass is 360 g/mol. The molecule has 0 saturated carbocycles. The minimum absolute atomic E-state index is 0.123. The number of hydrogen-bond donors (Lipinski definition) is 7. The molecule has 1 aromatic heterocycles. The van der Waals surface area contributed by atoms with Crippen molar-refractivity contribution in [3.63, 3.8) is 0 Å². The van der Waals surface area contributed by atoms with Crippen molar-refractivity contribution in [1.82, 2.24) is 20.8 Å². The summed E-state index contributed by atoms with van der Waals surface area (Å²) in [5.41, 5.74) is 10.6. The van der Waals surface area contributed by atoms with Crippen LogP contribution in [0.3, 0.4) is 0 Å². The zero-order valence-corrected chi connectivity index (χ0v) is 13.2. The number of carbonyl (C=O) groups excluding carboxylic acids is 2. The molecule has 0 aliphatic carbocycles. The standard InChI is InChI=1S/C12H20N6O7/c1-4(20)8(11(22)23)16-12(24)15-6(3-19)10-18-17-9(25-10)5(13)2-7(14)21/h4-6,8,19-20H,2-3,13H2,1H3,(H2,14,21)(H,22,23)(H2,15,16,24)/t4?,5-,6-,8?/m0/s1. The van der Waals surface area contributed by atoms with Gasteiger partial charge in [0.2, 0.25) is 17.7 Å². The van der Waals surface area contributed by atoms with Gasteiger partial charge in [0.05, 0.1) is 25.2 Å². The third kappa shape index (κ3) is 5.98. The van der Waals surface area contributed by atoms with Crippen molar-refractivity contribution in [2.24, 2.45) is 11.5 Å². The second-order valence-corrected chi connectivity index (χ2v) is 5.16. The van der Waals surface area contributed by atoms with Crippen molar-refractivity contribution in [2.75, 3.05) is 6.61 Å². The Morgan fingerprint density at radius 2 is 1.84 bits per heavy atom. The summed E-state index contributed by atoms with van der Waals surface area (Å²) in [7, 11) is 0. The molecule has 0 saturated heterocycles. The van der Waals surface area contributed by atoms with Gasteiger partial charge in [0.15, 0.2) is 6.04 Å². The fraction of sp³-hybridized carbons (Fsp3) is 0.583. The molecular weight excluding hydrogens is 340 g/mol.